The highest BCUT2D eigenvalue weighted by Crippen LogP contribution is 2.64. The summed E-state index contributed by atoms with van der Waals surface area (Å²) in [5.41, 5.74) is 2.81. The molecule has 23 heavy (non-hydrogen) atoms. The van der Waals surface area contributed by atoms with Crippen molar-refractivity contribution in [2.75, 3.05) is 6.61 Å². The molecule has 0 saturated heterocycles. The van der Waals surface area contributed by atoms with Gasteiger partial charge in [-0.05, 0) is 91.9 Å². The van der Waals surface area contributed by atoms with Crippen LogP contribution in [0.2, 0.25) is 0 Å². The molecular weight excluding hydrogens is 286 g/mol. The van der Waals surface area contributed by atoms with Gasteiger partial charge in [0.1, 0.15) is 0 Å². The van der Waals surface area contributed by atoms with Gasteiger partial charge >= 0.3 is 0 Å². The van der Waals surface area contributed by atoms with Gasteiger partial charge in [0.25, 0.3) is 0 Å². The molecular formula is C20H31NO2. The molecule has 2 N–H and O–H groups in total. The third-order valence-electron chi connectivity index (χ3n) is 8.20. The smallest absolute Gasteiger partial charge is 0.0795 e. The van der Waals surface area contributed by atoms with E-state index in [2.05, 4.69) is 25.1 Å². The predicted molar refractivity (Wildman–Crippen MR) is 91.4 cm³/mol. The number of aliphatic hydroxyl groups excluding tert-OH is 1. The molecule has 0 spiro atoms. The Labute approximate surface area is 139 Å². The number of nitrogens with zero attached hydrogens (tertiary/aromatic N) is 1. The molecule has 4 aliphatic carbocycles. The molecule has 0 aromatic carbocycles. The van der Waals surface area contributed by atoms with Crippen LogP contribution in [0.15, 0.2) is 16.8 Å². The molecule has 3 heteroatoms. The van der Waals surface area contributed by atoms with E-state index in [1.165, 1.54) is 38.5 Å². The zero-order valence-corrected chi connectivity index (χ0v) is 14.5. The number of hydrogen-bond acceptors (Lipinski definition) is 3. The molecule has 4 rings (SSSR count). The zero-order valence-electron chi connectivity index (χ0n) is 14.5. The number of oxime groups is 1. The van der Waals surface area contributed by atoms with E-state index in [-0.39, 0.29) is 0 Å². The quantitative estimate of drug-likeness (QED) is 0.561. The molecule has 0 amide bonds. The summed E-state index contributed by atoms with van der Waals surface area (Å²) in [5, 5.41) is 22.4. The number of rotatable bonds is 1. The van der Waals surface area contributed by atoms with Gasteiger partial charge in [-0.15, -0.1) is 0 Å². The van der Waals surface area contributed by atoms with Crippen molar-refractivity contribution in [1.29, 1.82) is 0 Å². The van der Waals surface area contributed by atoms with Gasteiger partial charge in [-0.3, -0.25) is 0 Å². The maximum atomic E-state index is 9.83. The summed E-state index contributed by atoms with van der Waals surface area (Å²) in [6, 6.07) is 0. The summed E-state index contributed by atoms with van der Waals surface area (Å²) in [7, 11) is 0. The van der Waals surface area contributed by atoms with Crippen LogP contribution in [0.4, 0.5) is 0 Å². The van der Waals surface area contributed by atoms with Crippen molar-refractivity contribution in [3.63, 3.8) is 0 Å². The molecule has 0 heterocycles. The molecule has 0 aliphatic heterocycles. The van der Waals surface area contributed by atoms with Gasteiger partial charge in [-0.1, -0.05) is 24.6 Å². The second-order valence-corrected chi connectivity index (χ2v) is 8.99. The molecule has 3 fully saturated rings. The molecule has 0 bridgehead atoms. The first kappa shape index (κ1) is 15.7. The normalized spacial score (nSPS) is 50.9. The predicted octanol–water partition coefficient (Wildman–Crippen LogP) is 4.24. The van der Waals surface area contributed by atoms with E-state index in [0.29, 0.717) is 17.9 Å². The van der Waals surface area contributed by atoms with Gasteiger partial charge in [-0.2, -0.15) is 0 Å². The van der Waals surface area contributed by atoms with Crippen LogP contribution < -0.4 is 0 Å². The molecule has 0 radical (unpaired) electrons. The zero-order chi connectivity index (χ0) is 16.2. The summed E-state index contributed by atoms with van der Waals surface area (Å²) in [5.74, 6) is 4.43. The van der Waals surface area contributed by atoms with Gasteiger partial charge in [0, 0.05) is 6.61 Å². The van der Waals surface area contributed by atoms with Crippen LogP contribution >= 0.6 is 0 Å². The monoisotopic (exact) mass is 317 g/mol. The molecule has 4 aliphatic rings. The molecule has 0 aromatic heterocycles. The fraction of sp³-hybridized carbons (Fsp3) is 0.850. The maximum absolute atomic E-state index is 9.83. The third kappa shape index (κ3) is 2.22. The van der Waals surface area contributed by atoms with E-state index >= 15 is 0 Å². The minimum absolute atomic E-state index is 0.373. The van der Waals surface area contributed by atoms with Crippen molar-refractivity contribution >= 4 is 5.71 Å². The third-order valence-corrected chi connectivity index (χ3v) is 8.20. The Morgan fingerprint density at radius 3 is 2.83 bits per heavy atom. The van der Waals surface area contributed by atoms with E-state index in [9.17, 15) is 5.11 Å². The lowest BCUT2D eigenvalue weighted by molar-refractivity contribution is -0.0526. The van der Waals surface area contributed by atoms with Crippen LogP contribution in [0, 0.1) is 40.9 Å². The second kappa shape index (κ2) is 5.61. The highest BCUT2D eigenvalue weighted by atomic mass is 16.4. The SMILES string of the molecule is C[C@@H]1CC2=C/C(=N/O)CC[C@@H]2[C@H]2CC[C@]3(C)[C@H](CO)CC[C@@H]3[C@@H]21. The lowest BCUT2D eigenvalue weighted by atomic mass is 9.49. The summed E-state index contributed by atoms with van der Waals surface area (Å²) < 4.78 is 0. The molecule has 0 unspecified atom stereocenters. The fourth-order valence-electron chi connectivity index (χ4n) is 7.09. The number of allylic oxidation sites excluding steroid dienone is 2. The minimum atomic E-state index is 0.373. The first-order valence-electron chi connectivity index (χ1n) is 9.60. The van der Waals surface area contributed by atoms with Crippen LogP contribution in [0.3, 0.4) is 0 Å². The average molecular weight is 317 g/mol. The van der Waals surface area contributed by atoms with Gasteiger partial charge < -0.3 is 10.3 Å². The summed E-state index contributed by atoms with van der Waals surface area (Å²) in [6.45, 7) is 5.29. The first-order chi connectivity index (χ1) is 11.1. The van der Waals surface area contributed by atoms with Gasteiger partial charge in [-0.25, -0.2) is 0 Å². The van der Waals surface area contributed by atoms with E-state index in [0.717, 1.165) is 41.7 Å². The van der Waals surface area contributed by atoms with Gasteiger partial charge in [0.05, 0.1) is 5.71 Å². The molecule has 128 valence electrons. The van der Waals surface area contributed by atoms with Crippen molar-refractivity contribution in [2.45, 2.75) is 58.8 Å². The molecule has 3 nitrogen and oxygen atoms in total. The van der Waals surface area contributed by atoms with Crippen molar-refractivity contribution in [3.05, 3.63) is 11.6 Å². The summed E-state index contributed by atoms with van der Waals surface area (Å²) >= 11 is 0. The topological polar surface area (TPSA) is 52.8 Å². The molecule has 0 aromatic rings. The lowest BCUT2D eigenvalue weighted by Crippen LogP contribution is -2.49. The lowest BCUT2D eigenvalue weighted by Gasteiger charge is -2.56. The Hall–Kier alpha value is -0.830. The summed E-state index contributed by atoms with van der Waals surface area (Å²) in [4.78, 5) is 0. The minimum Gasteiger partial charge on any atom is -0.411 e. The number of aliphatic hydroxyl groups is 1. The van der Waals surface area contributed by atoms with Crippen LogP contribution in [0.1, 0.15) is 58.8 Å². The van der Waals surface area contributed by atoms with Crippen molar-refractivity contribution < 1.29 is 10.3 Å². The van der Waals surface area contributed by atoms with Crippen LogP contribution in [-0.2, 0) is 0 Å². The molecule has 7 atom stereocenters. The number of fused-ring (bicyclic) bond motifs is 5. The number of hydrogen-bond donors (Lipinski definition) is 2. The fourth-order valence-corrected chi connectivity index (χ4v) is 7.09. The van der Waals surface area contributed by atoms with Crippen molar-refractivity contribution in [3.8, 4) is 0 Å². The first-order valence-corrected chi connectivity index (χ1v) is 9.60. The standard InChI is InChI=1S/C20H31NO2/c1-12-9-13-10-15(21-23)4-5-16(13)17-7-8-20(2)14(11-22)3-6-18(20)19(12)17/h10,12,14,16-19,22-23H,3-9,11H2,1-2H3/b21-15+/t12-,14+,16+,17-,18-,19-,20-/m1/s1. The van der Waals surface area contributed by atoms with Crippen LogP contribution in [0.5, 0.6) is 0 Å². The van der Waals surface area contributed by atoms with Gasteiger partial charge in [0.2, 0.25) is 0 Å². The van der Waals surface area contributed by atoms with Crippen molar-refractivity contribution in [1.82, 2.24) is 0 Å². The molecule has 3 saturated carbocycles. The van der Waals surface area contributed by atoms with E-state index in [1.54, 1.807) is 5.57 Å². The Bertz CT molecular complexity index is 540. The average Bonchev–Trinajstić information content (AvgIpc) is 2.90. The van der Waals surface area contributed by atoms with E-state index in [1.807, 2.05) is 0 Å². The second-order valence-electron chi connectivity index (χ2n) is 8.99. The highest BCUT2D eigenvalue weighted by Gasteiger charge is 2.57. The van der Waals surface area contributed by atoms with Crippen molar-refractivity contribution in [2.24, 2.45) is 46.1 Å². The highest BCUT2D eigenvalue weighted by molar-refractivity contribution is 5.96. The Morgan fingerprint density at radius 1 is 1.26 bits per heavy atom. The summed E-state index contributed by atoms with van der Waals surface area (Å²) in [6.07, 6.45) is 10.6. The van der Waals surface area contributed by atoms with E-state index in [4.69, 9.17) is 5.21 Å². The van der Waals surface area contributed by atoms with Crippen LogP contribution in [0.25, 0.3) is 0 Å². The van der Waals surface area contributed by atoms with E-state index < -0.39 is 0 Å². The Balaban J connectivity index is 1.65. The maximum Gasteiger partial charge on any atom is 0.0795 e. The largest absolute Gasteiger partial charge is 0.411 e. The Kier molecular flexibility index (Phi) is 3.83. The van der Waals surface area contributed by atoms with Crippen LogP contribution in [-0.4, -0.2) is 22.6 Å². The Morgan fingerprint density at radius 2 is 2.09 bits per heavy atom. The van der Waals surface area contributed by atoms with Gasteiger partial charge in [0.15, 0.2) is 0 Å².